The molecule has 2 aromatic rings. The molecule has 1 aliphatic heterocycles. The maximum atomic E-state index is 5.92. The van der Waals surface area contributed by atoms with Crippen LogP contribution in [0.15, 0.2) is 17.6 Å². The van der Waals surface area contributed by atoms with Crippen LogP contribution in [0.25, 0.3) is 0 Å². The van der Waals surface area contributed by atoms with Gasteiger partial charge in [0.1, 0.15) is 11.1 Å². The van der Waals surface area contributed by atoms with E-state index in [-0.39, 0.29) is 11.5 Å². The zero-order valence-corrected chi connectivity index (χ0v) is 14.8. The van der Waals surface area contributed by atoms with Crippen molar-refractivity contribution in [3.63, 3.8) is 0 Å². The molecule has 0 aliphatic carbocycles. The number of methoxy groups -OCH3 is 1. The van der Waals surface area contributed by atoms with Gasteiger partial charge in [0, 0.05) is 29.6 Å². The van der Waals surface area contributed by atoms with Crippen LogP contribution in [0.5, 0.6) is 5.88 Å². The van der Waals surface area contributed by atoms with E-state index in [9.17, 15) is 0 Å². The van der Waals surface area contributed by atoms with Gasteiger partial charge in [0.25, 0.3) is 0 Å². The largest absolute Gasteiger partial charge is 0.481 e. The fourth-order valence-corrected chi connectivity index (χ4v) is 3.44. The number of nitrogens with zero attached hydrogens (tertiary/aromatic N) is 4. The molecule has 0 radical (unpaired) electrons. The van der Waals surface area contributed by atoms with Gasteiger partial charge < -0.3 is 14.4 Å². The summed E-state index contributed by atoms with van der Waals surface area (Å²) in [4.78, 5) is 15.6. The van der Waals surface area contributed by atoms with Crippen molar-refractivity contribution in [3.05, 3.63) is 28.3 Å². The summed E-state index contributed by atoms with van der Waals surface area (Å²) in [6.07, 6.45) is 1.67. The van der Waals surface area contributed by atoms with Gasteiger partial charge in [0.05, 0.1) is 26.0 Å². The zero-order chi connectivity index (χ0) is 16.4. The molecule has 0 bridgehead atoms. The molecule has 1 saturated heterocycles. The Bertz CT molecular complexity index is 668. The minimum Gasteiger partial charge on any atom is -0.481 e. The van der Waals surface area contributed by atoms with E-state index in [1.165, 1.54) is 0 Å². The maximum absolute atomic E-state index is 5.92. The summed E-state index contributed by atoms with van der Waals surface area (Å²) in [7, 11) is 1.61. The first kappa shape index (κ1) is 16.1. The molecule has 3 rings (SSSR count). The molecular formula is C16H22N4O2S. The Morgan fingerprint density at radius 3 is 2.87 bits per heavy atom. The zero-order valence-electron chi connectivity index (χ0n) is 13.9. The fraction of sp³-hybridized carbons (Fsp3) is 0.562. The molecule has 7 heteroatoms. The van der Waals surface area contributed by atoms with Crippen LogP contribution in [0.4, 0.5) is 5.95 Å². The Labute approximate surface area is 140 Å². The van der Waals surface area contributed by atoms with Crippen molar-refractivity contribution in [1.82, 2.24) is 15.0 Å². The summed E-state index contributed by atoms with van der Waals surface area (Å²) < 4.78 is 11.1. The molecule has 0 aromatic carbocycles. The number of hydrogen-bond donors (Lipinski definition) is 0. The van der Waals surface area contributed by atoms with Crippen LogP contribution < -0.4 is 9.64 Å². The molecule has 1 fully saturated rings. The van der Waals surface area contributed by atoms with Gasteiger partial charge in [-0.15, -0.1) is 11.3 Å². The van der Waals surface area contributed by atoms with Crippen LogP contribution in [0.1, 0.15) is 37.6 Å². The third-order valence-corrected chi connectivity index (χ3v) is 4.68. The van der Waals surface area contributed by atoms with Gasteiger partial charge >= 0.3 is 0 Å². The summed E-state index contributed by atoms with van der Waals surface area (Å²) in [5, 5.41) is 3.14. The predicted octanol–water partition coefficient (Wildman–Crippen LogP) is 2.82. The molecule has 6 nitrogen and oxygen atoms in total. The highest BCUT2D eigenvalue weighted by Gasteiger charge is 2.27. The Morgan fingerprint density at radius 2 is 2.17 bits per heavy atom. The Morgan fingerprint density at radius 1 is 1.35 bits per heavy atom. The number of rotatable bonds is 3. The van der Waals surface area contributed by atoms with Gasteiger partial charge in [-0.3, -0.25) is 0 Å². The summed E-state index contributed by atoms with van der Waals surface area (Å²) >= 11 is 1.66. The number of morpholine rings is 1. The maximum Gasteiger partial charge on any atom is 0.228 e. The molecule has 2 aromatic heterocycles. The van der Waals surface area contributed by atoms with Crippen LogP contribution >= 0.6 is 11.3 Å². The van der Waals surface area contributed by atoms with Crippen molar-refractivity contribution in [2.75, 3.05) is 31.7 Å². The fourth-order valence-electron chi connectivity index (χ4n) is 2.36. The van der Waals surface area contributed by atoms with Crippen molar-refractivity contribution >= 4 is 17.3 Å². The van der Waals surface area contributed by atoms with E-state index >= 15 is 0 Å². The Kier molecular flexibility index (Phi) is 4.50. The summed E-state index contributed by atoms with van der Waals surface area (Å²) in [5.74, 6) is 1.24. The monoisotopic (exact) mass is 334 g/mol. The molecule has 0 amide bonds. The number of anilines is 1. The molecule has 1 unspecified atom stereocenters. The average molecular weight is 334 g/mol. The highest BCUT2D eigenvalue weighted by Crippen LogP contribution is 2.31. The van der Waals surface area contributed by atoms with Crippen molar-refractivity contribution in [2.24, 2.45) is 0 Å². The molecule has 1 atom stereocenters. The van der Waals surface area contributed by atoms with Crippen LogP contribution in [0.2, 0.25) is 0 Å². The second-order valence-corrected chi connectivity index (χ2v) is 7.42. The minimum absolute atomic E-state index is 0.0420. The molecule has 3 heterocycles. The average Bonchev–Trinajstić information content (AvgIpc) is 3.05. The first-order valence-corrected chi connectivity index (χ1v) is 8.55. The third kappa shape index (κ3) is 3.61. The number of hydrogen-bond acceptors (Lipinski definition) is 7. The van der Waals surface area contributed by atoms with Crippen molar-refractivity contribution in [3.8, 4) is 5.88 Å². The van der Waals surface area contributed by atoms with Gasteiger partial charge in [0.2, 0.25) is 11.8 Å². The van der Waals surface area contributed by atoms with E-state index < -0.39 is 0 Å². The molecule has 124 valence electrons. The smallest absolute Gasteiger partial charge is 0.228 e. The normalized spacial score (nSPS) is 19.0. The van der Waals surface area contributed by atoms with Crippen LogP contribution in [0.3, 0.4) is 0 Å². The molecule has 1 aliphatic rings. The number of ether oxygens (including phenoxy) is 2. The van der Waals surface area contributed by atoms with Crippen LogP contribution in [-0.4, -0.2) is 41.8 Å². The highest BCUT2D eigenvalue weighted by atomic mass is 32.1. The van der Waals surface area contributed by atoms with Crippen LogP contribution in [0, 0.1) is 0 Å². The van der Waals surface area contributed by atoms with E-state index in [1.807, 2.05) is 0 Å². The van der Waals surface area contributed by atoms with E-state index in [2.05, 4.69) is 41.0 Å². The van der Waals surface area contributed by atoms with Gasteiger partial charge in [-0.2, -0.15) is 4.98 Å². The minimum atomic E-state index is -0.0420. The number of thiazole rings is 1. The van der Waals surface area contributed by atoms with E-state index in [1.54, 1.807) is 30.7 Å². The lowest BCUT2D eigenvalue weighted by Crippen LogP contribution is -2.39. The first-order valence-electron chi connectivity index (χ1n) is 7.67. The topological polar surface area (TPSA) is 60.4 Å². The summed E-state index contributed by atoms with van der Waals surface area (Å²) in [6.45, 7) is 8.61. The van der Waals surface area contributed by atoms with Crippen LogP contribution in [-0.2, 0) is 10.2 Å². The van der Waals surface area contributed by atoms with E-state index in [0.717, 1.165) is 17.2 Å². The SMILES string of the molecule is COc1ccnc(N2CCOC(c3nc(C(C)(C)C)cs3)C2)n1. The predicted molar refractivity (Wildman–Crippen MR) is 90.3 cm³/mol. The quantitative estimate of drug-likeness (QED) is 0.860. The highest BCUT2D eigenvalue weighted by molar-refractivity contribution is 7.09. The molecule has 0 saturated carbocycles. The lowest BCUT2D eigenvalue weighted by molar-refractivity contribution is 0.0389. The Balaban J connectivity index is 1.76. The lowest BCUT2D eigenvalue weighted by Gasteiger charge is -2.32. The summed E-state index contributed by atoms with van der Waals surface area (Å²) in [5.41, 5.74) is 1.16. The third-order valence-electron chi connectivity index (χ3n) is 3.74. The van der Waals surface area contributed by atoms with Gasteiger partial charge in [-0.05, 0) is 0 Å². The summed E-state index contributed by atoms with van der Waals surface area (Å²) in [6, 6.07) is 1.75. The van der Waals surface area contributed by atoms with E-state index in [0.29, 0.717) is 25.0 Å². The number of aromatic nitrogens is 3. The Hall–Kier alpha value is -1.73. The molecule has 0 N–H and O–H groups in total. The van der Waals surface area contributed by atoms with Crippen molar-refractivity contribution in [1.29, 1.82) is 0 Å². The van der Waals surface area contributed by atoms with Gasteiger partial charge in [0.15, 0.2) is 0 Å². The molecule has 0 spiro atoms. The van der Waals surface area contributed by atoms with Crippen molar-refractivity contribution < 1.29 is 9.47 Å². The second-order valence-electron chi connectivity index (χ2n) is 6.53. The lowest BCUT2D eigenvalue weighted by atomic mass is 9.93. The van der Waals surface area contributed by atoms with Crippen molar-refractivity contribution in [2.45, 2.75) is 32.3 Å². The standard InChI is InChI=1S/C16H22N4O2S/c1-16(2,3)12-10-23-14(18-12)11-9-20(7-8-22-11)15-17-6-5-13(19-15)21-4/h5-6,10-11H,7-9H2,1-4H3. The molecule has 23 heavy (non-hydrogen) atoms. The second kappa shape index (κ2) is 6.41. The van der Waals surface area contributed by atoms with Gasteiger partial charge in [-0.1, -0.05) is 20.8 Å². The molecular weight excluding hydrogens is 312 g/mol. The van der Waals surface area contributed by atoms with E-state index in [4.69, 9.17) is 14.5 Å². The first-order chi connectivity index (χ1) is 11.0. The van der Waals surface area contributed by atoms with Gasteiger partial charge in [-0.25, -0.2) is 9.97 Å².